The van der Waals surface area contributed by atoms with Gasteiger partial charge in [0.25, 0.3) is 0 Å². The first-order valence-electron chi connectivity index (χ1n) is 8.72. The Morgan fingerprint density at radius 2 is 1.93 bits per heavy atom. The van der Waals surface area contributed by atoms with Crippen LogP contribution >= 0.6 is 0 Å². The smallest absolute Gasteiger partial charge is 0.202 e. The molecule has 2 aromatic carbocycles. The third-order valence-electron chi connectivity index (χ3n) is 4.71. The molecule has 0 aliphatic carbocycles. The van der Waals surface area contributed by atoms with E-state index in [0.717, 1.165) is 11.6 Å². The molecule has 28 heavy (non-hydrogen) atoms. The van der Waals surface area contributed by atoms with Crippen molar-refractivity contribution in [2.75, 3.05) is 7.11 Å². The topological polar surface area (TPSA) is 116 Å². The van der Waals surface area contributed by atoms with Crippen LogP contribution in [0.25, 0.3) is 0 Å². The number of benzene rings is 2. The van der Waals surface area contributed by atoms with Crippen LogP contribution in [0.4, 0.5) is 0 Å². The number of aliphatic hydroxyl groups is 1. The Kier molecular flexibility index (Phi) is 5.20. The third-order valence-corrected chi connectivity index (χ3v) is 4.71. The van der Waals surface area contributed by atoms with Gasteiger partial charge in [0.15, 0.2) is 12.2 Å². The van der Waals surface area contributed by atoms with E-state index in [2.05, 4.69) is 6.58 Å². The number of methoxy groups -OCH3 is 1. The fourth-order valence-electron chi connectivity index (χ4n) is 3.25. The predicted molar refractivity (Wildman–Crippen MR) is 101 cm³/mol. The quantitative estimate of drug-likeness (QED) is 0.584. The normalized spacial score (nSPS) is 18.3. The number of carbonyl (C=O) groups is 1. The van der Waals surface area contributed by atoms with Crippen molar-refractivity contribution in [1.82, 2.24) is 0 Å². The lowest BCUT2D eigenvalue weighted by atomic mass is 9.89. The SMILES string of the molecule is C=C(C)CCc1c(O)cc(OC)c2c1O[C@H](c1ccc(O)cc1O)[C@@H](O)C2=O. The number of hydrogen-bond acceptors (Lipinski definition) is 7. The van der Waals surface area contributed by atoms with Crippen molar-refractivity contribution < 1.29 is 34.7 Å². The molecule has 2 aromatic rings. The molecule has 4 N–H and O–H groups in total. The van der Waals surface area contributed by atoms with E-state index in [9.17, 15) is 25.2 Å². The van der Waals surface area contributed by atoms with Crippen molar-refractivity contribution in [3.05, 3.63) is 53.1 Å². The van der Waals surface area contributed by atoms with Crippen LogP contribution in [0.1, 0.15) is 40.9 Å². The Balaban J connectivity index is 2.15. The number of phenolic OH excluding ortho intramolecular Hbond substituents is 3. The molecule has 0 bridgehead atoms. The summed E-state index contributed by atoms with van der Waals surface area (Å²) in [7, 11) is 1.35. The van der Waals surface area contributed by atoms with Gasteiger partial charge in [-0.25, -0.2) is 0 Å². The van der Waals surface area contributed by atoms with Crippen molar-refractivity contribution in [3.63, 3.8) is 0 Å². The molecule has 1 heterocycles. The fourth-order valence-corrected chi connectivity index (χ4v) is 3.25. The summed E-state index contributed by atoms with van der Waals surface area (Å²) in [6, 6.07) is 5.09. The summed E-state index contributed by atoms with van der Waals surface area (Å²) in [6.45, 7) is 5.69. The summed E-state index contributed by atoms with van der Waals surface area (Å²) in [5.41, 5.74) is 1.46. The Morgan fingerprint density at radius 1 is 1.21 bits per heavy atom. The lowest BCUT2D eigenvalue weighted by Crippen LogP contribution is -2.37. The summed E-state index contributed by atoms with van der Waals surface area (Å²) in [4.78, 5) is 12.9. The number of fused-ring (bicyclic) bond motifs is 1. The summed E-state index contributed by atoms with van der Waals surface area (Å²) in [5.74, 6) is -1.05. The molecule has 0 radical (unpaired) electrons. The molecular weight excluding hydrogens is 364 g/mol. The van der Waals surface area contributed by atoms with Gasteiger partial charge in [0.1, 0.15) is 34.3 Å². The molecule has 0 aromatic heterocycles. The highest BCUT2D eigenvalue weighted by Crippen LogP contribution is 2.47. The van der Waals surface area contributed by atoms with E-state index in [0.29, 0.717) is 18.4 Å². The average Bonchev–Trinajstić information content (AvgIpc) is 2.63. The van der Waals surface area contributed by atoms with Crippen molar-refractivity contribution in [3.8, 4) is 28.7 Å². The Morgan fingerprint density at radius 3 is 2.54 bits per heavy atom. The van der Waals surface area contributed by atoms with E-state index in [-0.39, 0.29) is 39.9 Å². The minimum Gasteiger partial charge on any atom is -0.508 e. The maximum Gasteiger partial charge on any atom is 0.202 e. The Labute approximate surface area is 162 Å². The molecule has 0 saturated carbocycles. The molecule has 0 saturated heterocycles. The molecule has 7 heteroatoms. The van der Waals surface area contributed by atoms with Gasteiger partial charge in [0, 0.05) is 23.3 Å². The van der Waals surface area contributed by atoms with Crippen LogP contribution in [0.2, 0.25) is 0 Å². The van der Waals surface area contributed by atoms with Crippen LogP contribution in [0.3, 0.4) is 0 Å². The van der Waals surface area contributed by atoms with Crippen LogP contribution < -0.4 is 9.47 Å². The van der Waals surface area contributed by atoms with Crippen LogP contribution in [0.5, 0.6) is 28.7 Å². The molecule has 0 amide bonds. The summed E-state index contributed by atoms with van der Waals surface area (Å²) < 4.78 is 11.1. The summed E-state index contributed by atoms with van der Waals surface area (Å²) >= 11 is 0. The molecule has 3 rings (SSSR count). The lowest BCUT2D eigenvalue weighted by Gasteiger charge is -2.32. The molecule has 0 unspecified atom stereocenters. The molecular formula is C21H22O7. The molecule has 2 atom stereocenters. The van der Waals surface area contributed by atoms with Crippen LogP contribution in [0.15, 0.2) is 36.4 Å². The Hall–Kier alpha value is -3.19. The maximum absolute atomic E-state index is 12.9. The van der Waals surface area contributed by atoms with Crippen molar-refractivity contribution in [2.24, 2.45) is 0 Å². The summed E-state index contributed by atoms with van der Waals surface area (Å²) in [6.07, 6.45) is -1.89. The van der Waals surface area contributed by atoms with Gasteiger partial charge in [0.2, 0.25) is 5.78 Å². The molecule has 7 nitrogen and oxygen atoms in total. The van der Waals surface area contributed by atoms with E-state index in [1.165, 1.54) is 25.3 Å². The van der Waals surface area contributed by atoms with E-state index >= 15 is 0 Å². The van der Waals surface area contributed by atoms with Gasteiger partial charge in [-0.1, -0.05) is 5.57 Å². The largest absolute Gasteiger partial charge is 0.508 e. The molecule has 1 aliphatic heterocycles. The van der Waals surface area contributed by atoms with E-state index in [4.69, 9.17) is 9.47 Å². The van der Waals surface area contributed by atoms with E-state index < -0.39 is 18.0 Å². The lowest BCUT2D eigenvalue weighted by molar-refractivity contribution is 0.0198. The van der Waals surface area contributed by atoms with E-state index in [1.54, 1.807) is 0 Å². The highest BCUT2D eigenvalue weighted by atomic mass is 16.5. The number of ketones is 1. The van der Waals surface area contributed by atoms with Gasteiger partial charge in [-0.2, -0.15) is 0 Å². The predicted octanol–water partition coefficient (Wildman–Crippen LogP) is 3.00. The number of allylic oxidation sites excluding steroid dienone is 1. The van der Waals surface area contributed by atoms with Crippen LogP contribution in [-0.4, -0.2) is 39.4 Å². The zero-order valence-electron chi connectivity index (χ0n) is 15.6. The van der Waals surface area contributed by atoms with Gasteiger partial charge in [-0.3, -0.25) is 4.79 Å². The second kappa shape index (κ2) is 7.44. The zero-order valence-corrected chi connectivity index (χ0v) is 15.6. The number of carbonyl (C=O) groups excluding carboxylic acids is 1. The zero-order chi connectivity index (χ0) is 20.6. The van der Waals surface area contributed by atoms with E-state index in [1.807, 2.05) is 6.92 Å². The molecule has 1 aliphatic rings. The highest BCUT2D eigenvalue weighted by molar-refractivity contribution is 6.06. The standard InChI is InChI=1S/C21H22O7/c1-10(2)4-6-12-15(24)9-16(27-3)17-18(25)19(26)21(28-20(12)17)13-7-5-11(22)8-14(13)23/h5,7-9,19,21-24,26H,1,4,6H2,2-3H3/t19-,21+/m0/s1. The number of aliphatic hydroxyl groups excluding tert-OH is 1. The molecule has 148 valence electrons. The second-order valence-electron chi connectivity index (χ2n) is 6.83. The first kappa shape index (κ1) is 19.6. The maximum atomic E-state index is 12.9. The van der Waals surface area contributed by atoms with Crippen LogP contribution in [-0.2, 0) is 6.42 Å². The first-order chi connectivity index (χ1) is 13.2. The van der Waals surface area contributed by atoms with Gasteiger partial charge >= 0.3 is 0 Å². The fraction of sp³-hybridized carbons (Fsp3) is 0.286. The van der Waals surface area contributed by atoms with Crippen molar-refractivity contribution in [1.29, 1.82) is 0 Å². The third kappa shape index (κ3) is 3.36. The minimum absolute atomic E-state index is 0.0408. The van der Waals surface area contributed by atoms with Crippen molar-refractivity contribution in [2.45, 2.75) is 32.0 Å². The van der Waals surface area contributed by atoms with Gasteiger partial charge in [-0.05, 0) is 31.9 Å². The number of ether oxygens (including phenoxy) is 2. The van der Waals surface area contributed by atoms with Gasteiger partial charge < -0.3 is 29.9 Å². The second-order valence-corrected chi connectivity index (χ2v) is 6.83. The minimum atomic E-state index is -1.60. The first-order valence-corrected chi connectivity index (χ1v) is 8.72. The van der Waals surface area contributed by atoms with Gasteiger partial charge in [0.05, 0.1) is 7.11 Å². The van der Waals surface area contributed by atoms with Gasteiger partial charge in [-0.15, -0.1) is 6.58 Å². The summed E-state index contributed by atoms with van der Waals surface area (Å²) in [5, 5.41) is 40.6. The molecule has 0 fully saturated rings. The Bertz CT molecular complexity index is 948. The number of aromatic hydroxyl groups is 3. The molecule has 0 spiro atoms. The monoisotopic (exact) mass is 386 g/mol. The highest BCUT2D eigenvalue weighted by Gasteiger charge is 2.42. The number of rotatable bonds is 5. The number of phenols is 3. The van der Waals surface area contributed by atoms with Crippen molar-refractivity contribution >= 4 is 5.78 Å². The number of Topliss-reactive ketones (excluding diaryl/α,β-unsaturated/α-hetero) is 1. The van der Waals surface area contributed by atoms with Crippen LogP contribution in [0, 0.1) is 0 Å². The number of hydrogen-bond donors (Lipinski definition) is 4. The average molecular weight is 386 g/mol.